The largest absolute Gasteiger partial charge is 0.351 e. The van der Waals surface area contributed by atoms with E-state index in [1.165, 1.54) is 6.92 Å². The summed E-state index contributed by atoms with van der Waals surface area (Å²) in [6, 6.07) is -1.90. The summed E-state index contributed by atoms with van der Waals surface area (Å²) in [4.78, 5) is 69.2. The Bertz CT molecular complexity index is 879. The molecule has 0 spiro atoms. The summed E-state index contributed by atoms with van der Waals surface area (Å²) in [6.07, 6.45) is 6.06. The van der Waals surface area contributed by atoms with Gasteiger partial charge in [0.1, 0.15) is 12.1 Å². The maximum atomic E-state index is 13.6. The molecule has 0 aromatic carbocycles. The summed E-state index contributed by atoms with van der Waals surface area (Å²) in [5.41, 5.74) is 0. The van der Waals surface area contributed by atoms with E-state index in [0.717, 1.165) is 25.7 Å². The van der Waals surface area contributed by atoms with Gasteiger partial charge in [0.05, 0.1) is 6.04 Å². The van der Waals surface area contributed by atoms with Crippen molar-refractivity contribution in [3.8, 4) is 0 Å². The van der Waals surface area contributed by atoms with Crippen molar-refractivity contribution in [1.82, 2.24) is 25.3 Å². The Hall–Kier alpha value is -2.65. The van der Waals surface area contributed by atoms with Crippen LogP contribution in [0.4, 0.5) is 0 Å². The molecule has 1 aliphatic carbocycles. The Morgan fingerprint density at radius 1 is 0.941 bits per heavy atom. The van der Waals surface area contributed by atoms with Gasteiger partial charge < -0.3 is 25.3 Å². The van der Waals surface area contributed by atoms with E-state index >= 15 is 0 Å². The van der Waals surface area contributed by atoms with Crippen LogP contribution in [0.5, 0.6) is 0 Å². The quantitative estimate of drug-likeness (QED) is 0.579. The number of hydrogen-bond donors (Lipinski definition) is 2. The fraction of sp³-hybridized carbons (Fsp3) is 0.792. The SMILES string of the molecule is CC(=O)N1CCC(C(=O)N[C@H]2C[C@@H]3C(=O)N[C@H]4CCN(C(=O)C5CCCC5)[C@@H]4C(=O)N3C2)CC1. The van der Waals surface area contributed by atoms with Gasteiger partial charge in [-0.05, 0) is 38.5 Å². The van der Waals surface area contributed by atoms with Crippen LogP contribution < -0.4 is 10.6 Å². The number of nitrogens with one attached hydrogen (secondary N) is 2. The summed E-state index contributed by atoms with van der Waals surface area (Å²) in [6.45, 7) is 3.46. The van der Waals surface area contributed by atoms with Crippen LogP contribution in [0.15, 0.2) is 0 Å². The summed E-state index contributed by atoms with van der Waals surface area (Å²) >= 11 is 0. The number of carbonyl (C=O) groups excluding carboxylic acids is 5. The van der Waals surface area contributed by atoms with Crippen LogP contribution in [0.1, 0.15) is 58.3 Å². The van der Waals surface area contributed by atoms with Crippen molar-refractivity contribution in [2.75, 3.05) is 26.2 Å². The number of nitrogens with zero attached hydrogens (tertiary/aromatic N) is 3. The summed E-state index contributed by atoms with van der Waals surface area (Å²) in [7, 11) is 0. The molecule has 2 N–H and O–H groups in total. The van der Waals surface area contributed by atoms with Crippen LogP contribution in [0.25, 0.3) is 0 Å². The molecule has 4 saturated heterocycles. The van der Waals surface area contributed by atoms with E-state index in [1.807, 2.05) is 0 Å². The lowest BCUT2D eigenvalue weighted by atomic mass is 9.95. The summed E-state index contributed by atoms with van der Waals surface area (Å²) < 4.78 is 0. The molecule has 4 atom stereocenters. The number of amides is 5. The van der Waals surface area contributed by atoms with Gasteiger partial charge >= 0.3 is 0 Å². The Kier molecular flexibility index (Phi) is 6.24. The number of piperidine rings is 1. The van der Waals surface area contributed by atoms with Crippen molar-refractivity contribution in [2.24, 2.45) is 11.8 Å². The van der Waals surface area contributed by atoms with Gasteiger partial charge in [0, 0.05) is 51.0 Å². The number of fused-ring (bicyclic) bond motifs is 2. The first-order chi connectivity index (χ1) is 16.3. The van der Waals surface area contributed by atoms with E-state index in [-0.39, 0.29) is 60.0 Å². The number of hydrogen-bond acceptors (Lipinski definition) is 5. The molecule has 0 bridgehead atoms. The van der Waals surface area contributed by atoms with E-state index in [4.69, 9.17) is 0 Å². The van der Waals surface area contributed by atoms with Crippen LogP contribution in [-0.4, -0.2) is 94.6 Å². The number of likely N-dealkylation sites (tertiary alicyclic amines) is 2. The first-order valence-corrected chi connectivity index (χ1v) is 12.8. The highest BCUT2D eigenvalue weighted by Gasteiger charge is 2.53. The molecule has 10 heteroatoms. The first-order valence-electron chi connectivity index (χ1n) is 12.8. The van der Waals surface area contributed by atoms with E-state index in [2.05, 4.69) is 10.6 Å². The van der Waals surface area contributed by atoms with Crippen molar-refractivity contribution in [3.05, 3.63) is 0 Å². The topological polar surface area (TPSA) is 119 Å². The molecular weight excluding hydrogens is 438 g/mol. The normalized spacial score (nSPS) is 32.3. The molecule has 1 saturated carbocycles. The van der Waals surface area contributed by atoms with Gasteiger partial charge in [-0.2, -0.15) is 0 Å². The van der Waals surface area contributed by atoms with Crippen LogP contribution in [0.3, 0.4) is 0 Å². The molecule has 4 heterocycles. The standard InChI is InChI=1S/C24H35N5O5/c1-14(30)27-9-6-15(7-10-27)21(31)25-17-12-19-22(32)26-18-8-11-28(20(18)24(34)29(19)13-17)23(33)16-4-2-3-5-16/h15-20H,2-13H2,1H3,(H,25,31)(H,26,32)/t17-,18-,19+,20-/m0/s1. The Balaban J connectivity index is 1.23. The molecule has 4 aliphatic heterocycles. The summed E-state index contributed by atoms with van der Waals surface area (Å²) in [5.74, 6) is -0.549. The van der Waals surface area contributed by atoms with Gasteiger partial charge in [-0.25, -0.2) is 0 Å². The van der Waals surface area contributed by atoms with Gasteiger partial charge in [-0.1, -0.05) is 12.8 Å². The molecule has 5 amide bonds. The Labute approximate surface area is 199 Å². The van der Waals surface area contributed by atoms with Gasteiger partial charge in [-0.3, -0.25) is 24.0 Å². The maximum Gasteiger partial charge on any atom is 0.248 e. The number of rotatable bonds is 3. The third-order valence-corrected chi connectivity index (χ3v) is 8.51. The molecule has 0 radical (unpaired) electrons. The predicted molar refractivity (Wildman–Crippen MR) is 121 cm³/mol. The molecule has 0 unspecified atom stereocenters. The second-order valence-corrected chi connectivity index (χ2v) is 10.6. The van der Waals surface area contributed by atoms with Crippen molar-refractivity contribution >= 4 is 29.5 Å². The minimum Gasteiger partial charge on any atom is -0.351 e. The second kappa shape index (κ2) is 9.19. The molecule has 5 aliphatic rings. The van der Waals surface area contributed by atoms with Crippen molar-refractivity contribution < 1.29 is 24.0 Å². The molecule has 186 valence electrons. The molecular formula is C24H35N5O5. The van der Waals surface area contributed by atoms with Gasteiger partial charge in [-0.15, -0.1) is 0 Å². The monoisotopic (exact) mass is 473 g/mol. The minimum atomic E-state index is -0.646. The fourth-order valence-electron chi connectivity index (χ4n) is 6.56. The Morgan fingerprint density at radius 2 is 1.65 bits per heavy atom. The van der Waals surface area contributed by atoms with Crippen LogP contribution in [0.2, 0.25) is 0 Å². The highest BCUT2D eigenvalue weighted by molar-refractivity contribution is 5.97. The fourth-order valence-corrected chi connectivity index (χ4v) is 6.56. The average molecular weight is 474 g/mol. The molecule has 34 heavy (non-hydrogen) atoms. The van der Waals surface area contributed by atoms with Crippen LogP contribution in [0, 0.1) is 11.8 Å². The predicted octanol–water partition coefficient (Wildman–Crippen LogP) is -0.380. The molecule has 5 fully saturated rings. The zero-order valence-electron chi connectivity index (χ0n) is 19.8. The lowest BCUT2D eigenvalue weighted by Crippen LogP contribution is -2.53. The highest BCUT2D eigenvalue weighted by atomic mass is 16.2. The van der Waals surface area contributed by atoms with Crippen molar-refractivity contribution in [3.63, 3.8) is 0 Å². The first kappa shape index (κ1) is 23.1. The Morgan fingerprint density at radius 3 is 2.32 bits per heavy atom. The molecule has 10 nitrogen and oxygen atoms in total. The van der Waals surface area contributed by atoms with Crippen LogP contribution in [-0.2, 0) is 24.0 Å². The van der Waals surface area contributed by atoms with Gasteiger partial charge in [0.15, 0.2) is 0 Å². The van der Waals surface area contributed by atoms with E-state index in [9.17, 15) is 24.0 Å². The number of carbonyl (C=O) groups is 5. The third kappa shape index (κ3) is 4.15. The zero-order valence-corrected chi connectivity index (χ0v) is 19.8. The minimum absolute atomic E-state index is 0.0127. The van der Waals surface area contributed by atoms with Crippen molar-refractivity contribution in [2.45, 2.75) is 82.5 Å². The molecule has 5 rings (SSSR count). The highest BCUT2D eigenvalue weighted by Crippen LogP contribution is 2.33. The maximum absolute atomic E-state index is 13.6. The van der Waals surface area contributed by atoms with Gasteiger partial charge in [0.2, 0.25) is 29.5 Å². The smallest absolute Gasteiger partial charge is 0.248 e. The zero-order chi connectivity index (χ0) is 24.0. The van der Waals surface area contributed by atoms with E-state index < -0.39 is 12.1 Å². The average Bonchev–Trinajstić information content (AvgIpc) is 3.57. The lowest BCUT2D eigenvalue weighted by Gasteiger charge is -2.31. The van der Waals surface area contributed by atoms with E-state index in [1.54, 1.807) is 14.7 Å². The molecule has 0 aromatic heterocycles. The van der Waals surface area contributed by atoms with Crippen LogP contribution >= 0.6 is 0 Å². The second-order valence-electron chi connectivity index (χ2n) is 10.6. The third-order valence-electron chi connectivity index (χ3n) is 8.51. The molecule has 0 aromatic rings. The lowest BCUT2D eigenvalue weighted by molar-refractivity contribution is -0.146. The van der Waals surface area contributed by atoms with Crippen molar-refractivity contribution in [1.29, 1.82) is 0 Å². The van der Waals surface area contributed by atoms with Gasteiger partial charge in [0.25, 0.3) is 0 Å². The van der Waals surface area contributed by atoms with E-state index in [0.29, 0.717) is 45.3 Å². The summed E-state index contributed by atoms with van der Waals surface area (Å²) in [5, 5.41) is 6.08.